The summed E-state index contributed by atoms with van der Waals surface area (Å²) in [4.78, 5) is 10.6. The zero-order chi connectivity index (χ0) is 11.6. The lowest BCUT2D eigenvalue weighted by Gasteiger charge is -2.24. The zero-order valence-corrected chi connectivity index (χ0v) is 9.31. The Morgan fingerprint density at radius 3 is 2.60 bits per heavy atom. The third-order valence-electron chi connectivity index (χ3n) is 2.23. The van der Waals surface area contributed by atoms with Crippen LogP contribution in [-0.2, 0) is 10.2 Å². The van der Waals surface area contributed by atoms with Crippen LogP contribution in [-0.4, -0.2) is 11.1 Å². The van der Waals surface area contributed by atoms with E-state index in [1.54, 1.807) is 19.9 Å². The molecule has 1 aromatic rings. The van der Waals surface area contributed by atoms with E-state index in [1.165, 1.54) is 12.1 Å². The number of hydrogen-bond donors (Lipinski definition) is 1. The van der Waals surface area contributed by atoms with Gasteiger partial charge in [0.2, 0.25) is 0 Å². The first kappa shape index (κ1) is 12.0. The van der Waals surface area contributed by atoms with Crippen molar-refractivity contribution in [2.75, 3.05) is 0 Å². The summed E-state index contributed by atoms with van der Waals surface area (Å²) in [5, 5.41) is 8.99. The maximum Gasteiger partial charge on any atom is 0.304 e. The van der Waals surface area contributed by atoms with Crippen molar-refractivity contribution >= 4 is 17.6 Å². The van der Waals surface area contributed by atoms with Gasteiger partial charge in [-0.05, 0) is 12.1 Å². The monoisotopic (exact) mass is 230 g/mol. The normalized spacial score (nSPS) is 11.5. The van der Waals surface area contributed by atoms with Crippen molar-refractivity contribution in [2.24, 2.45) is 0 Å². The van der Waals surface area contributed by atoms with Gasteiger partial charge in [0.25, 0.3) is 0 Å². The molecule has 0 unspecified atom stereocenters. The Bertz CT molecular complexity index is 368. The van der Waals surface area contributed by atoms with Gasteiger partial charge in [0, 0.05) is 16.0 Å². The third-order valence-corrected chi connectivity index (χ3v) is 2.55. The van der Waals surface area contributed by atoms with Gasteiger partial charge in [-0.25, -0.2) is 4.39 Å². The SMILES string of the molecule is CC(C)(CC(=O)O)c1c(F)cccc1Cl. The quantitative estimate of drug-likeness (QED) is 0.866. The minimum Gasteiger partial charge on any atom is -0.481 e. The van der Waals surface area contributed by atoms with Crippen LogP contribution in [0.2, 0.25) is 5.02 Å². The average molecular weight is 231 g/mol. The van der Waals surface area contributed by atoms with Gasteiger partial charge in [-0.1, -0.05) is 31.5 Å². The van der Waals surface area contributed by atoms with Crippen LogP contribution < -0.4 is 0 Å². The smallest absolute Gasteiger partial charge is 0.304 e. The van der Waals surface area contributed by atoms with E-state index < -0.39 is 17.2 Å². The average Bonchev–Trinajstić information content (AvgIpc) is 1.99. The summed E-state index contributed by atoms with van der Waals surface area (Å²) in [6, 6.07) is 4.34. The fraction of sp³-hybridized carbons (Fsp3) is 0.364. The van der Waals surface area contributed by atoms with E-state index in [4.69, 9.17) is 16.7 Å². The van der Waals surface area contributed by atoms with E-state index >= 15 is 0 Å². The molecule has 0 bridgehead atoms. The van der Waals surface area contributed by atoms with E-state index in [-0.39, 0.29) is 17.0 Å². The summed E-state index contributed by atoms with van der Waals surface area (Å²) >= 11 is 5.86. The lowest BCUT2D eigenvalue weighted by molar-refractivity contribution is -0.138. The molecule has 0 saturated carbocycles. The van der Waals surface area contributed by atoms with Gasteiger partial charge in [-0.3, -0.25) is 4.79 Å². The van der Waals surface area contributed by atoms with Crippen LogP contribution in [0, 0.1) is 5.82 Å². The first-order valence-electron chi connectivity index (χ1n) is 4.51. The molecule has 0 atom stereocenters. The summed E-state index contributed by atoms with van der Waals surface area (Å²) in [7, 11) is 0. The van der Waals surface area contributed by atoms with Gasteiger partial charge in [-0.15, -0.1) is 0 Å². The Kier molecular flexibility index (Phi) is 3.35. The highest BCUT2D eigenvalue weighted by molar-refractivity contribution is 6.31. The van der Waals surface area contributed by atoms with Crippen LogP contribution in [0.4, 0.5) is 4.39 Å². The summed E-state index contributed by atoms with van der Waals surface area (Å²) in [6.07, 6.45) is -0.159. The van der Waals surface area contributed by atoms with Crippen molar-refractivity contribution < 1.29 is 14.3 Å². The Morgan fingerprint density at radius 2 is 2.13 bits per heavy atom. The number of carboxylic acids is 1. The summed E-state index contributed by atoms with van der Waals surface area (Å²) < 4.78 is 13.5. The molecule has 2 nitrogen and oxygen atoms in total. The number of rotatable bonds is 3. The van der Waals surface area contributed by atoms with Crippen LogP contribution in [0.25, 0.3) is 0 Å². The number of aliphatic carboxylic acids is 1. The van der Waals surface area contributed by atoms with Gasteiger partial charge in [0.15, 0.2) is 0 Å². The molecular weight excluding hydrogens is 219 g/mol. The summed E-state index contributed by atoms with van der Waals surface area (Å²) in [5.74, 6) is -1.44. The molecule has 1 aromatic carbocycles. The van der Waals surface area contributed by atoms with E-state index in [0.717, 1.165) is 0 Å². The van der Waals surface area contributed by atoms with Gasteiger partial charge in [0.05, 0.1) is 6.42 Å². The molecule has 0 heterocycles. The molecule has 0 aliphatic carbocycles. The minimum absolute atomic E-state index is 0.159. The molecule has 0 aromatic heterocycles. The number of hydrogen-bond acceptors (Lipinski definition) is 1. The zero-order valence-electron chi connectivity index (χ0n) is 8.55. The molecule has 0 radical (unpaired) electrons. The second kappa shape index (κ2) is 4.19. The first-order valence-corrected chi connectivity index (χ1v) is 4.88. The van der Waals surface area contributed by atoms with Crippen molar-refractivity contribution in [2.45, 2.75) is 25.7 Å². The Labute approximate surface area is 92.7 Å². The predicted molar refractivity (Wildman–Crippen MR) is 56.7 cm³/mol. The van der Waals surface area contributed by atoms with Gasteiger partial charge in [-0.2, -0.15) is 0 Å². The van der Waals surface area contributed by atoms with Crippen molar-refractivity contribution in [3.8, 4) is 0 Å². The van der Waals surface area contributed by atoms with E-state index in [9.17, 15) is 9.18 Å². The van der Waals surface area contributed by atoms with E-state index in [0.29, 0.717) is 0 Å². The van der Waals surface area contributed by atoms with Crippen LogP contribution in [0.15, 0.2) is 18.2 Å². The Balaban J connectivity index is 3.19. The molecule has 4 heteroatoms. The molecule has 0 spiro atoms. The molecule has 0 saturated heterocycles. The Morgan fingerprint density at radius 1 is 1.53 bits per heavy atom. The van der Waals surface area contributed by atoms with Crippen LogP contribution in [0.3, 0.4) is 0 Å². The van der Waals surface area contributed by atoms with Gasteiger partial charge in [0.1, 0.15) is 5.82 Å². The molecule has 0 amide bonds. The third kappa shape index (κ3) is 2.69. The molecule has 0 aliphatic heterocycles. The minimum atomic E-state index is -0.973. The van der Waals surface area contributed by atoms with Crippen molar-refractivity contribution in [1.29, 1.82) is 0 Å². The topological polar surface area (TPSA) is 37.3 Å². The highest BCUT2D eigenvalue weighted by atomic mass is 35.5. The second-order valence-corrected chi connectivity index (χ2v) is 4.46. The van der Waals surface area contributed by atoms with E-state index in [1.807, 2.05) is 0 Å². The standard InChI is InChI=1S/C11H12ClFO2/c1-11(2,6-9(14)15)10-7(12)4-3-5-8(10)13/h3-5H,6H2,1-2H3,(H,14,15). The number of benzene rings is 1. The Hall–Kier alpha value is -1.09. The van der Waals surface area contributed by atoms with E-state index in [2.05, 4.69) is 0 Å². The second-order valence-electron chi connectivity index (χ2n) is 4.05. The van der Waals surface area contributed by atoms with Crippen LogP contribution >= 0.6 is 11.6 Å². The van der Waals surface area contributed by atoms with Crippen LogP contribution in [0.5, 0.6) is 0 Å². The maximum absolute atomic E-state index is 13.5. The summed E-state index contributed by atoms with van der Waals surface area (Å²) in [6.45, 7) is 3.32. The molecule has 0 aliphatic rings. The molecule has 0 fully saturated rings. The molecule has 1 N–H and O–H groups in total. The van der Waals surface area contributed by atoms with Crippen molar-refractivity contribution in [3.05, 3.63) is 34.6 Å². The number of carbonyl (C=O) groups is 1. The van der Waals surface area contributed by atoms with Crippen LogP contribution in [0.1, 0.15) is 25.8 Å². The first-order chi connectivity index (χ1) is 6.84. The largest absolute Gasteiger partial charge is 0.481 e. The van der Waals surface area contributed by atoms with Crippen molar-refractivity contribution in [1.82, 2.24) is 0 Å². The maximum atomic E-state index is 13.5. The molecule has 82 valence electrons. The lowest BCUT2D eigenvalue weighted by Crippen LogP contribution is -2.23. The summed E-state index contributed by atoms with van der Waals surface area (Å²) in [5.41, 5.74) is -0.553. The van der Waals surface area contributed by atoms with Gasteiger partial charge < -0.3 is 5.11 Å². The fourth-order valence-electron chi connectivity index (χ4n) is 1.61. The van der Waals surface area contributed by atoms with Gasteiger partial charge >= 0.3 is 5.97 Å². The predicted octanol–water partition coefficient (Wildman–Crippen LogP) is 3.23. The number of carboxylic acid groups (broad SMARTS) is 1. The molecular formula is C11H12ClFO2. The van der Waals surface area contributed by atoms with Crippen molar-refractivity contribution in [3.63, 3.8) is 0 Å². The molecule has 1 rings (SSSR count). The number of halogens is 2. The highest BCUT2D eigenvalue weighted by Crippen LogP contribution is 2.34. The highest BCUT2D eigenvalue weighted by Gasteiger charge is 2.29. The molecule has 15 heavy (non-hydrogen) atoms. The fourth-order valence-corrected chi connectivity index (χ4v) is 2.03. The lowest BCUT2D eigenvalue weighted by atomic mass is 9.81.